The topological polar surface area (TPSA) is 70.2 Å². The highest BCUT2D eigenvalue weighted by Crippen LogP contribution is 2.19. The quantitative estimate of drug-likeness (QED) is 0.323. The first-order chi connectivity index (χ1) is 14.5. The lowest BCUT2D eigenvalue weighted by molar-refractivity contribution is -0.115. The zero-order chi connectivity index (χ0) is 21.3. The summed E-state index contributed by atoms with van der Waals surface area (Å²) in [6.45, 7) is 0. The Morgan fingerprint density at radius 3 is 2.13 bits per heavy atom. The first-order valence-electron chi connectivity index (χ1n) is 9.02. The third-order valence-electron chi connectivity index (χ3n) is 4.10. The number of hydrogen-bond acceptors (Lipinski definition) is 3. The molecule has 2 amide bonds. The second-order valence-electron chi connectivity index (χ2n) is 6.20. The fraction of sp³-hybridized carbons (Fsp3) is 0. The molecule has 0 fully saturated rings. The van der Waals surface area contributed by atoms with Gasteiger partial charge < -0.3 is 0 Å². The molecule has 7 heteroatoms. The third kappa shape index (κ3) is 6.01. The Morgan fingerprint density at radius 2 is 1.43 bits per heavy atom. The number of nitrogens with one attached hydrogen (secondary N) is 3. The predicted octanol–water partition coefficient (Wildman–Crippen LogP) is 4.36. The van der Waals surface area contributed by atoms with Crippen LogP contribution in [-0.2, 0) is 4.79 Å². The molecule has 0 spiro atoms. The maximum absolute atomic E-state index is 12.3. The smallest absolute Gasteiger partial charge is 0.269 e. The molecule has 5 nitrogen and oxygen atoms in total. The standard InChI is InChI=1S/C23H18ClN3O2S/c24-20-9-5-4-8-18(20)14-15-21(28)25-23(30)27-26-22(29)19-12-10-17(11-13-19)16-6-2-1-3-7-16/h1-15H,(H,26,29)(H2,25,27,28,30). The molecule has 30 heavy (non-hydrogen) atoms. The van der Waals surface area contributed by atoms with Crippen LogP contribution in [0.1, 0.15) is 15.9 Å². The lowest BCUT2D eigenvalue weighted by Crippen LogP contribution is -2.48. The summed E-state index contributed by atoms with van der Waals surface area (Å²) in [6, 6.07) is 24.2. The zero-order valence-corrected chi connectivity index (χ0v) is 17.3. The number of carbonyl (C=O) groups is 2. The molecule has 0 atom stereocenters. The Hall–Kier alpha value is -3.48. The van der Waals surface area contributed by atoms with Crippen LogP contribution in [0.5, 0.6) is 0 Å². The molecule has 0 unspecified atom stereocenters. The van der Waals surface area contributed by atoms with E-state index in [2.05, 4.69) is 16.2 Å². The van der Waals surface area contributed by atoms with Gasteiger partial charge in [0.2, 0.25) is 5.91 Å². The van der Waals surface area contributed by atoms with E-state index in [-0.39, 0.29) is 11.0 Å². The van der Waals surface area contributed by atoms with Crippen LogP contribution < -0.4 is 16.2 Å². The number of amides is 2. The fourth-order valence-corrected chi connectivity index (χ4v) is 2.94. The minimum atomic E-state index is -0.450. The lowest BCUT2D eigenvalue weighted by Gasteiger charge is -2.10. The van der Waals surface area contributed by atoms with Gasteiger partial charge in [-0.2, -0.15) is 0 Å². The highest BCUT2D eigenvalue weighted by atomic mass is 35.5. The molecule has 0 saturated carbocycles. The highest BCUT2D eigenvalue weighted by Gasteiger charge is 2.07. The van der Waals surface area contributed by atoms with Gasteiger partial charge in [-0.1, -0.05) is 72.3 Å². The minimum Gasteiger partial charge on any atom is -0.298 e. The van der Waals surface area contributed by atoms with Crippen molar-refractivity contribution >= 4 is 46.8 Å². The summed E-state index contributed by atoms with van der Waals surface area (Å²) >= 11 is 11.1. The molecule has 0 radical (unpaired) electrons. The number of rotatable bonds is 4. The first-order valence-corrected chi connectivity index (χ1v) is 9.81. The molecule has 0 aromatic heterocycles. The molecule has 0 heterocycles. The van der Waals surface area contributed by atoms with E-state index in [1.807, 2.05) is 48.5 Å². The van der Waals surface area contributed by atoms with Gasteiger partial charge in [0.25, 0.3) is 5.91 Å². The molecular weight excluding hydrogens is 418 g/mol. The second kappa shape index (κ2) is 10.3. The van der Waals surface area contributed by atoms with Crippen LogP contribution in [0.4, 0.5) is 0 Å². The third-order valence-corrected chi connectivity index (χ3v) is 4.65. The number of hydrogen-bond donors (Lipinski definition) is 3. The van der Waals surface area contributed by atoms with Crippen LogP contribution in [-0.4, -0.2) is 16.9 Å². The monoisotopic (exact) mass is 435 g/mol. The predicted molar refractivity (Wildman–Crippen MR) is 124 cm³/mol. The molecule has 3 aromatic carbocycles. The Balaban J connectivity index is 1.49. The average Bonchev–Trinajstić information content (AvgIpc) is 2.77. The summed E-state index contributed by atoms with van der Waals surface area (Å²) < 4.78 is 0. The zero-order valence-electron chi connectivity index (χ0n) is 15.8. The van der Waals surface area contributed by atoms with Gasteiger partial charge in [-0.3, -0.25) is 25.8 Å². The summed E-state index contributed by atoms with van der Waals surface area (Å²) in [6.07, 6.45) is 2.88. The normalized spacial score (nSPS) is 10.4. The Kier molecular flexibility index (Phi) is 7.32. The van der Waals surface area contributed by atoms with E-state index >= 15 is 0 Å². The first kappa shape index (κ1) is 21.2. The molecule has 3 N–H and O–H groups in total. The van der Waals surface area contributed by atoms with Crippen molar-refractivity contribution in [1.82, 2.24) is 16.2 Å². The molecule has 0 aliphatic carbocycles. The molecule has 0 saturated heterocycles. The number of halogens is 1. The summed E-state index contributed by atoms with van der Waals surface area (Å²) in [4.78, 5) is 24.2. The molecule has 0 aliphatic heterocycles. The van der Waals surface area contributed by atoms with Crippen molar-refractivity contribution in [1.29, 1.82) is 0 Å². The van der Waals surface area contributed by atoms with Crippen molar-refractivity contribution in [3.63, 3.8) is 0 Å². The molecular formula is C23H18ClN3O2S. The summed E-state index contributed by atoms with van der Waals surface area (Å²) in [5.41, 5.74) is 8.20. The van der Waals surface area contributed by atoms with Gasteiger partial charge >= 0.3 is 0 Å². The maximum atomic E-state index is 12.3. The van der Waals surface area contributed by atoms with Gasteiger partial charge in [0.15, 0.2) is 5.11 Å². The maximum Gasteiger partial charge on any atom is 0.269 e. The van der Waals surface area contributed by atoms with Crippen LogP contribution >= 0.6 is 23.8 Å². The van der Waals surface area contributed by atoms with E-state index in [0.717, 1.165) is 11.1 Å². The number of benzene rings is 3. The SMILES string of the molecule is O=C(C=Cc1ccccc1Cl)NC(=S)NNC(=O)c1ccc(-c2ccccc2)cc1. The number of hydrazine groups is 1. The second-order valence-corrected chi connectivity index (χ2v) is 7.01. The molecule has 3 aromatic rings. The van der Waals surface area contributed by atoms with Crippen LogP contribution in [0.15, 0.2) is 84.9 Å². The van der Waals surface area contributed by atoms with Crippen molar-refractivity contribution in [2.45, 2.75) is 0 Å². The Labute approximate surface area is 184 Å². The van der Waals surface area contributed by atoms with Crippen molar-refractivity contribution in [2.24, 2.45) is 0 Å². The number of carbonyl (C=O) groups excluding carboxylic acids is 2. The van der Waals surface area contributed by atoms with Gasteiger partial charge in [-0.25, -0.2) is 0 Å². The van der Waals surface area contributed by atoms with E-state index in [1.165, 1.54) is 6.08 Å². The largest absolute Gasteiger partial charge is 0.298 e. The van der Waals surface area contributed by atoms with E-state index in [4.69, 9.17) is 23.8 Å². The number of thiocarbonyl (C=S) groups is 1. The van der Waals surface area contributed by atoms with E-state index in [1.54, 1.807) is 36.4 Å². The van der Waals surface area contributed by atoms with Crippen molar-refractivity contribution in [3.05, 3.63) is 101 Å². The molecule has 3 rings (SSSR count). The fourth-order valence-electron chi connectivity index (χ4n) is 2.59. The lowest BCUT2D eigenvalue weighted by atomic mass is 10.0. The molecule has 150 valence electrons. The van der Waals surface area contributed by atoms with Crippen LogP contribution in [0.2, 0.25) is 5.02 Å². The van der Waals surface area contributed by atoms with Crippen LogP contribution in [0.3, 0.4) is 0 Å². The van der Waals surface area contributed by atoms with E-state index < -0.39 is 5.91 Å². The summed E-state index contributed by atoms with van der Waals surface area (Å²) in [5.74, 6) is -0.827. The summed E-state index contributed by atoms with van der Waals surface area (Å²) in [7, 11) is 0. The van der Waals surface area contributed by atoms with Crippen LogP contribution in [0.25, 0.3) is 17.2 Å². The average molecular weight is 436 g/mol. The van der Waals surface area contributed by atoms with E-state index in [0.29, 0.717) is 16.1 Å². The van der Waals surface area contributed by atoms with Gasteiger partial charge in [0.1, 0.15) is 0 Å². The van der Waals surface area contributed by atoms with Gasteiger partial charge in [0.05, 0.1) is 0 Å². The van der Waals surface area contributed by atoms with Gasteiger partial charge in [-0.15, -0.1) is 0 Å². The Bertz CT molecular complexity index is 1080. The highest BCUT2D eigenvalue weighted by molar-refractivity contribution is 7.80. The van der Waals surface area contributed by atoms with Crippen molar-refractivity contribution in [2.75, 3.05) is 0 Å². The molecule has 0 aliphatic rings. The van der Waals surface area contributed by atoms with Gasteiger partial charge in [0, 0.05) is 16.7 Å². The van der Waals surface area contributed by atoms with Crippen LogP contribution in [0, 0.1) is 0 Å². The van der Waals surface area contributed by atoms with Gasteiger partial charge in [-0.05, 0) is 53.2 Å². The van der Waals surface area contributed by atoms with E-state index in [9.17, 15) is 9.59 Å². The molecule has 0 bridgehead atoms. The summed E-state index contributed by atoms with van der Waals surface area (Å²) in [5, 5.41) is 2.95. The Morgan fingerprint density at radius 1 is 0.800 bits per heavy atom. The minimum absolute atomic E-state index is 0.0296. The van der Waals surface area contributed by atoms with Crippen molar-refractivity contribution < 1.29 is 9.59 Å². The van der Waals surface area contributed by atoms with Crippen molar-refractivity contribution in [3.8, 4) is 11.1 Å².